The van der Waals surface area contributed by atoms with Gasteiger partial charge in [0.1, 0.15) is 30.5 Å². The zero-order valence-corrected chi connectivity index (χ0v) is 16.6. The van der Waals surface area contributed by atoms with Gasteiger partial charge in [0.15, 0.2) is 11.5 Å². The van der Waals surface area contributed by atoms with Gasteiger partial charge in [-0.3, -0.25) is 0 Å². The topological polar surface area (TPSA) is 74.2 Å². The molecule has 7 heteroatoms. The third-order valence-corrected chi connectivity index (χ3v) is 4.37. The molecule has 0 saturated carbocycles. The molecule has 0 atom stereocenters. The highest BCUT2D eigenvalue weighted by Gasteiger charge is 2.17. The zero-order valence-electron chi connectivity index (χ0n) is 16.6. The Balaban J connectivity index is 1.79. The molecule has 0 fully saturated rings. The number of methoxy groups -OCH3 is 2. The van der Waals surface area contributed by atoms with Gasteiger partial charge in [-0.15, -0.1) is 0 Å². The van der Waals surface area contributed by atoms with Crippen molar-refractivity contribution in [3.05, 3.63) is 83.2 Å². The number of benzene rings is 3. The highest BCUT2D eigenvalue weighted by molar-refractivity contribution is 5.88. The van der Waals surface area contributed by atoms with Gasteiger partial charge in [-0.1, -0.05) is 24.3 Å². The van der Waals surface area contributed by atoms with Gasteiger partial charge in [0, 0.05) is 12.1 Å². The maximum Gasteiger partial charge on any atom is 0.338 e. The van der Waals surface area contributed by atoms with Crippen molar-refractivity contribution in [1.29, 1.82) is 0 Å². The van der Waals surface area contributed by atoms with E-state index in [1.54, 1.807) is 38.5 Å². The Morgan fingerprint density at radius 3 is 1.63 bits per heavy atom. The first kappa shape index (κ1) is 21.0. The minimum absolute atomic E-state index is 0.113. The molecule has 6 nitrogen and oxygen atoms in total. The van der Waals surface area contributed by atoms with Crippen molar-refractivity contribution < 1.29 is 33.2 Å². The first-order valence-electron chi connectivity index (χ1n) is 9.08. The first-order chi connectivity index (χ1) is 14.5. The second-order valence-corrected chi connectivity index (χ2v) is 6.36. The van der Waals surface area contributed by atoms with Gasteiger partial charge in [0.25, 0.3) is 0 Å². The van der Waals surface area contributed by atoms with Crippen LogP contribution in [-0.4, -0.2) is 25.3 Å². The van der Waals surface area contributed by atoms with Gasteiger partial charge >= 0.3 is 5.97 Å². The molecular weight excluding hydrogens is 391 g/mol. The van der Waals surface area contributed by atoms with Gasteiger partial charge in [-0.2, -0.15) is 0 Å². The summed E-state index contributed by atoms with van der Waals surface area (Å²) in [5.74, 6) is -0.621. The summed E-state index contributed by atoms with van der Waals surface area (Å²) in [5, 5.41) is 9.22. The molecule has 0 saturated heterocycles. The molecule has 3 aromatic carbocycles. The molecule has 1 N–H and O–H groups in total. The predicted octanol–water partition coefficient (Wildman–Crippen LogP) is 4.70. The van der Waals surface area contributed by atoms with E-state index in [9.17, 15) is 14.3 Å². The molecule has 3 aromatic rings. The van der Waals surface area contributed by atoms with Crippen LogP contribution in [0.4, 0.5) is 4.39 Å². The number of carboxylic acid groups (broad SMARTS) is 1. The molecule has 0 aromatic heterocycles. The fourth-order valence-electron chi connectivity index (χ4n) is 2.69. The van der Waals surface area contributed by atoms with Crippen LogP contribution in [0.3, 0.4) is 0 Å². The van der Waals surface area contributed by atoms with E-state index < -0.39 is 17.3 Å². The second kappa shape index (κ2) is 9.65. The Morgan fingerprint density at radius 2 is 1.23 bits per heavy atom. The lowest BCUT2D eigenvalue weighted by atomic mass is 10.1. The van der Waals surface area contributed by atoms with Crippen LogP contribution in [0, 0.1) is 5.82 Å². The molecule has 0 amide bonds. The maximum atomic E-state index is 14.2. The summed E-state index contributed by atoms with van der Waals surface area (Å²) < 4.78 is 35.9. The number of halogens is 1. The van der Waals surface area contributed by atoms with Crippen LogP contribution >= 0.6 is 0 Å². The SMILES string of the molecule is COc1ccc(COc2cc(F)c(C(=O)O)cc2OCc2ccc(OC)cc2)cc1. The van der Waals surface area contributed by atoms with Crippen molar-refractivity contribution >= 4 is 5.97 Å². The zero-order chi connectivity index (χ0) is 21.5. The van der Waals surface area contributed by atoms with E-state index in [0.29, 0.717) is 11.5 Å². The number of aromatic carboxylic acids is 1. The standard InChI is InChI=1S/C23H21FO6/c1-27-17-7-3-15(4-8-17)13-29-21-11-19(23(25)26)20(24)12-22(21)30-14-16-5-9-18(28-2)10-6-16/h3-12H,13-14H2,1-2H3,(H,25,26). The highest BCUT2D eigenvalue weighted by atomic mass is 19.1. The van der Waals surface area contributed by atoms with Crippen molar-refractivity contribution in [2.45, 2.75) is 13.2 Å². The van der Waals surface area contributed by atoms with Gasteiger partial charge < -0.3 is 24.1 Å². The average Bonchev–Trinajstić information content (AvgIpc) is 2.77. The number of carbonyl (C=O) groups is 1. The van der Waals surface area contributed by atoms with Gasteiger partial charge in [0.05, 0.1) is 19.8 Å². The van der Waals surface area contributed by atoms with E-state index in [-0.39, 0.29) is 24.7 Å². The summed E-state index contributed by atoms with van der Waals surface area (Å²) in [6.07, 6.45) is 0. The van der Waals surface area contributed by atoms with Crippen LogP contribution in [0.15, 0.2) is 60.7 Å². The van der Waals surface area contributed by atoms with Crippen molar-refractivity contribution in [2.24, 2.45) is 0 Å². The molecule has 0 aliphatic heterocycles. The van der Waals surface area contributed by atoms with E-state index in [0.717, 1.165) is 23.3 Å². The third kappa shape index (κ3) is 5.20. The van der Waals surface area contributed by atoms with E-state index in [4.69, 9.17) is 18.9 Å². The Hall–Kier alpha value is -3.74. The molecule has 0 heterocycles. The number of rotatable bonds is 9. The van der Waals surface area contributed by atoms with Crippen LogP contribution in [0.2, 0.25) is 0 Å². The van der Waals surface area contributed by atoms with Crippen molar-refractivity contribution in [1.82, 2.24) is 0 Å². The largest absolute Gasteiger partial charge is 0.497 e. The molecule has 0 spiro atoms. The molecule has 0 bridgehead atoms. The van der Waals surface area contributed by atoms with Crippen LogP contribution in [0.25, 0.3) is 0 Å². The van der Waals surface area contributed by atoms with Crippen LogP contribution in [0.5, 0.6) is 23.0 Å². The lowest BCUT2D eigenvalue weighted by molar-refractivity contribution is 0.0691. The van der Waals surface area contributed by atoms with E-state index in [1.165, 1.54) is 0 Å². The fourth-order valence-corrected chi connectivity index (χ4v) is 2.69. The third-order valence-electron chi connectivity index (χ3n) is 4.37. The molecule has 3 rings (SSSR count). The molecule has 0 aliphatic rings. The normalized spacial score (nSPS) is 10.4. The Labute approximate surface area is 173 Å². The summed E-state index contributed by atoms with van der Waals surface area (Å²) in [4.78, 5) is 11.3. The lowest BCUT2D eigenvalue weighted by Gasteiger charge is -2.15. The van der Waals surface area contributed by atoms with E-state index >= 15 is 0 Å². The number of ether oxygens (including phenoxy) is 4. The van der Waals surface area contributed by atoms with Gasteiger partial charge in [-0.05, 0) is 35.4 Å². The number of carboxylic acids is 1. The van der Waals surface area contributed by atoms with Gasteiger partial charge in [-0.25, -0.2) is 9.18 Å². The van der Waals surface area contributed by atoms with Crippen molar-refractivity contribution in [3.8, 4) is 23.0 Å². The summed E-state index contributed by atoms with van der Waals surface area (Å²) in [6.45, 7) is 0.294. The van der Waals surface area contributed by atoms with Crippen LogP contribution < -0.4 is 18.9 Å². The quantitative estimate of drug-likeness (QED) is 0.549. The van der Waals surface area contributed by atoms with Crippen LogP contribution in [0.1, 0.15) is 21.5 Å². The Kier molecular flexibility index (Phi) is 6.75. The second-order valence-electron chi connectivity index (χ2n) is 6.36. The fraction of sp³-hybridized carbons (Fsp3) is 0.174. The molecule has 0 unspecified atom stereocenters. The Morgan fingerprint density at radius 1 is 0.800 bits per heavy atom. The molecule has 30 heavy (non-hydrogen) atoms. The minimum Gasteiger partial charge on any atom is -0.497 e. The monoisotopic (exact) mass is 412 g/mol. The van der Waals surface area contributed by atoms with E-state index in [1.807, 2.05) is 24.3 Å². The van der Waals surface area contributed by atoms with Gasteiger partial charge in [0.2, 0.25) is 0 Å². The summed E-state index contributed by atoms with van der Waals surface area (Å²) >= 11 is 0. The average molecular weight is 412 g/mol. The smallest absolute Gasteiger partial charge is 0.338 e. The minimum atomic E-state index is -1.39. The van der Waals surface area contributed by atoms with Crippen LogP contribution in [-0.2, 0) is 13.2 Å². The predicted molar refractivity (Wildman–Crippen MR) is 108 cm³/mol. The molecule has 156 valence electrons. The summed E-state index contributed by atoms with van der Waals surface area (Å²) in [5.41, 5.74) is 1.18. The molecule has 0 aliphatic carbocycles. The van der Waals surface area contributed by atoms with Crippen molar-refractivity contribution in [2.75, 3.05) is 14.2 Å². The number of hydrogen-bond acceptors (Lipinski definition) is 5. The lowest BCUT2D eigenvalue weighted by Crippen LogP contribution is -2.06. The summed E-state index contributed by atoms with van der Waals surface area (Å²) in [6, 6.07) is 16.6. The highest BCUT2D eigenvalue weighted by Crippen LogP contribution is 2.32. The van der Waals surface area contributed by atoms with E-state index in [2.05, 4.69) is 0 Å². The van der Waals surface area contributed by atoms with Crippen molar-refractivity contribution in [3.63, 3.8) is 0 Å². The number of hydrogen-bond donors (Lipinski definition) is 1. The maximum absolute atomic E-state index is 14.2. The molecular formula is C23H21FO6. The molecule has 0 radical (unpaired) electrons. The Bertz CT molecular complexity index is 999. The first-order valence-corrected chi connectivity index (χ1v) is 9.08. The summed E-state index contributed by atoms with van der Waals surface area (Å²) in [7, 11) is 3.15.